The highest BCUT2D eigenvalue weighted by atomic mass is 16.7. The molecule has 3 rings (SSSR count). The van der Waals surface area contributed by atoms with Crippen molar-refractivity contribution in [2.45, 2.75) is 58.7 Å². The molecule has 0 radical (unpaired) electrons. The minimum absolute atomic E-state index is 0.00512. The number of rotatable bonds is 6. The monoisotopic (exact) mass is 324 g/mol. The Morgan fingerprint density at radius 3 is 2.74 bits per heavy atom. The zero-order valence-electron chi connectivity index (χ0n) is 13.9. The Hall–Kier alpha value is -1.59. The summed E-state index contributed by atoms with van der Waals surface area (Å²) in [5.41, 5.74) is -0.554. The number of esters is 3. The number of hydrogen-bond acceptors (Lipinski definition) is 6. The van der Waals surface area contributed by atoms with Gasteiger partial charge in [-0.1, -0.05) is 6.92 Å². The van der Waals surface area contributed by atoms with Gasteiger partial charge in [0.2, 0.25) is 0 Å². The van der Waals surface area contributed by atoms with Crippen LogP contribution in [0.15, 0.2) is 0 Å². The van der Waals surface area contributed by atoms with Crippen LogP contribution in [-0.4, -0.2) is 30.3 Å². The van der Waals surface area contributed by atoms with E-state index in [1.54, 1.807) is 13.8 Å². The molecule has 0 aromatic heterocycles. The lowest BCUT2D eigenvalue weighted by Gasteiger charge is -2.29. The first-order chi connectivity index (χ1) is 10.8. The maximum atomic E-state index is 12.1. The summed E-state index contributed by atoms with van der Waals surface area (Å²) in [5, 5.41) is 0. The average Bonchev–Trinajstić information content (AvgIpc) is 3.07. The lowest BCUT2D eigenvalue weighted by molar-refractivity contribution is -0.222. The quantitative estimate of drug-likeness (QED) is 0.697. The average molecular weight is 324 g/mol. The molecule has 6 heteroatoms. The van der Waals surface area contributed by atoms with Crippen LogP contribution in [-0.2, 0) is 28.6 Å². The summed E-state index contributed by atoms with van der Waals surface area (Å²) in [6.07, 6.45) is 3.00. The van der Waals surface area contributed by atoms with Crippen molar-refractivity contribution in [1.82, 2.24) is 0 Å². The second kappa shape index (κ2) is 5.49. The zero-order valence-corrected chi connectivity index (χ0v) is 13.9. The Bertz CT molecular complexity index is 539. The van der Waals surface area contributed by atoms with Gasteiger partial charge in [0.15, 0.2) is 0 Å². The maximum absolute atomic E-state index is 12.1. The molecule has 2 bridgehead atoms. The van der Waals surface area contributed by atoms with E-state index >= 15 is 0 Å². The van der Waals surface area contributed by atoms with Crippen molar-refractivity contribution in [2.24, 2.45) is 23.2 Å². The third-order valence-corrected chi connectivity index (χ3v) is 5.64. The van der Waals surface area contributed by atoms with E-state index in [4.69, 9.17) is 14.2 Å². The van der Waals surface area contributed by atoms with Crippen LogP contribution in [0.4, 0.5) is 0 Å². The highest BCUT2D eigenvalue weighted by Crippen LogP contribution is 2.60. The van der Waals surface area contributed by atoms with Crippen molar-refractivity contribution in [3.05, 3.63) is 0 Å². The highest BCUT2D eigenvalue weighted by Gasteiger charge is 2.68. The van der Waals surface area contributed by atoms with Crippen LogP contribution in [0, 0.1) is 23.2 Å². The molecule has 4 atom stereocenters. The molecule has 6 nitrogen and oxygen atoms in total. The van der Waals surface area contributed by atoms with Gasteiger partial charge in [-0.2, -0.15) is 0 Å². The standard InChI is InChI=1S/C17H24O6/c1-4-16(2,3)15(20)21-6-5-13(18)22-17-9-10-7-11(12(17)8-10)14(19)23-17/h10-12H,4-9H2,1-3H3. The topological polar surface area (TPSA) is 78.9 Å². The van der Waals surface area contributed by atoms with E-state index < -0.39 is 17.2 Å². The van der Waals surface area contributed by atoms with Crippen molar-refractivity contribution in [1.29, 1.82) is 0 Å². The molecule has 23 heavy (non-hydrogen) atoms. The highest BCUT2D eigenvalue weighted by molar-refractivity contribution is 5.79. The fraction of sp³-hybridized carbons (Fsp3) is 0.824. The molecule has 1 aliphatic heterocycles. The van der Waals surface area contributed by atoms with Crippen LogP contribution in [0.1, 0.15) is 52.9 Å². The fourth-order valence-corrected chi connectivity index (χ4v) is 3.92. The van der Waals surface area contributed by atoms with E-state index in [1.807, 2.05) is 6.92 Å². The summed E-state index contributed by atoms with van der Waals surface area (Å²) in [6, 6.07) is 0. The van der Waals surface area contributed by atoms with Crippen LogP contribution >= 0.6 is 0 Å². The van der Waals surface area contributed by atoms with Crippen LogP contribution < -0.4 is 0 Å². The number of carbonyl (C=O) groups excluding carboxylic acids is 3. The lowest BCUT2D eigenvalue weighted by atomic mass is 9.87. The first-order valence-electron chi connectivity index (χ1n) is 8.39. The summed E-state index contributed by atoms with van der Waals surface area (Å²) in [4.78, 5) is 35.8. The van der Waals surface area contributed by atoms with E-state index in [0.29, 0.717) is 18.8 Å². The van der Waals surface area contributed by atoms with Gasteiger partial charge in [0, 0.05) is 6.42 Å². The molecule has 4 unspecified atom stereocenters. The van der Waals surface area contributed by atoms with Gasteiger partial charge in [-0.05, 0) is 39.0 Å². The summed E-state index contributed by atoms with van der Waals surface area (Å²) < 4.78 is 16.1. The summed E-state index contributed by atoms with van der Waals surface area (Å²) in [5.74, 6) is -1.78. The third-order valence-electron chi connectivity index (χ3n) is 5.64. The second-order valence-electron chi connectivity index (χ2n) is 7.58. The lowest BCUT2D eigenvalue weighted by Crippen LogP contribution is -2.39. The van der Waals surface area contributed by atoms with E-state index in [0.717, 1.165) is 12.8 Å². The van der Waals surface area contributed by atoms with Gasteiger partial charge in [-0.3, -0.25) is 14.4 Å². The van der Waals surface area contributed by atoms with Gasteiger partial charge >= 0.3 is 17.9 Å². The Morgan fingerprint density at radius 1 is 1.35 bits per heavy atom. The smallest absolute Gasteiger partial charge is 0.312 e. The molecule has 0 aromatic rings. The Morgan fingerprint density at radius 2 is 2.09 bits per heavy atom. The third kappa shape index (κ3) is 2.72. The molecule has 0 aromatic carbocycles. The summed E-state index contributed by atoms with van der Waals surface area (Å²) >= 11 is 0. The van der Waals surface area contributed by atoms with Crippen molar-refractivity contribution in [3.8, 4) is 0 Å². The Labute approximate surface area is 135 Å². The van der Waals surface area contributed by atoms with E-state index in [9.17, 15) is 14.4 Å². The fourth-order valence-electron chi connectivity index (χ4n) is 3.92. The molecule has 1 saturated heterocycles. The normalized spacial score (nSPS) is 34.4. The maximum Gasteiger partial charge on any atom is 0.312 e. The van der Waals surface area contributed by atoms with E-state index in [-0.39, 0.29) is 36.8 Å². The molecule has 0 spiro atoms. The summed E-state index contributed by atoms with van der Waals surface area (Å²) in [6.45, 7) is 5.51. The van der Waals surface area contributed by atoms with E-state index in [2.05, 4.69) is 0 Å². The molecule has 2 saturated carbocycles. The van der Waals surface area contributed by atoms with Crippen molar-refractivity contribution >= 4 is 17.9 Å². The predicted octanol–water partition coefficient (Wildman–Crippen LogP) is 2.20. The molecule has 0 amide bonds. The van der Waals surface area contributed by atoms with Crippen molar-refractivity contribution in [3.63, 3.8) is 0 Å². The van der Waals surface area contributed by atoms with Crippen molar-refractivity contribution < 1.29 is 28.6 Å². The second-order valence-corrected chi connectivity index (χ2v) is 7.58. The van der Waals surface area contributed by atoms with Gasteiger partial charge < -0.3 is 14.2 Å². The molecular formula is C17H24O6. The summed E-state index contributed by atoms with van der Waals surface area (Å²) in [7, 11) is 0. The van der Waals surface area contributed by atoms with Crippen LogP contribution in [0.5, 0.6) is 0 Å². The predicted molar refractivity (Wildman–Crippen MR) is 78.9 cm³/mol. The first-order valence-corrected chi connectivity index (χ1v) is 8.39. The SMILES string of the molecule is CCC(C)(C)C(=O)OCCC(=O)OC12CC3CC(C(=O)O1)C2C3. The molecule has 1 heterocycles. The molecular weight excluding hydrogens is 300 g/mol. The van der Waals surface area contributed by atoms with Gasteiger partial charge in [-0.25, -0.2) is 0 Å². The van der Waals surface area contributed by atoms with Gasteiger partial charge in [0.1, 0.15) is 6.61 Å². The Balaban J connectivity index is 1.49. The van der Waals surface area contributed by atoms with Crippen molar-refractivity contribution in [2.75, 3.05) is 6.61 Å². The number of fused-ring (bicyclic) bond motifs is 1. The first kappa shape index (κ1) is 16.3. The number of carbonyl (C=O) groups is 3. The van der Waals surface area contributed by atoms with E-state index in [1.165, 1.54) is 0 Å². The zero-order chi connectivity index (χ0) is 16.8. The molecule has 0 N–H and O–H groups in total. The van der Waals surface area contributed by atoms with Gasteiger partial charge in [0.25, 0.3) is 5.79 Å². The number of ether oxygens (including phenoxy) is 3. The molecule has 3 aliphatic rings. The molecule has 2 aliphatic carbocycles. The van der Waals surface area contributed by atoms with Crippen LogP contribution in [0.25, 0.3) is 0 Å². The minimum atomic E-state index is -1.05. The van der Waals surface area contributed by atoms with Gasteiger partial charge in [-0.15, -0.1) is 0 Å². The Kier molecular flexibility index (Phi) is 3.89. The largest absolute Gasteiger partial charge is 0.465 e. The van der Waals surface area contributed by atoms with Crippen LogP contribution in [0.3, 0.4) is 0 Å². The van der Waals surface area contributed by atoms with Gasteiger partial charge in [0.05, 0.1) is 23.7 Å². The minimum Gasteiger partial charge on any atom is -0.465 e. The van der Waals surface area contributed by atoms with Crippen LogP contribution in [0.2, 0.25) is 0 Å². The molecule has 3 fully saturated rings. The molecule has 128 valence electrons. The number of hydrogen-bond donors (Lipinski definition) is 0.